The Hall–Kier alpha value is -1.68. The molecule has 1 saturated carbocycles. The van der Waals surface area contributed by atoms with Crippen molar-refractivity contribution in [2.45, 2.75) is 51.6 Å². The van der Waals surface area contributed by atoms with E-state index >= 15 is 0 Å². The smallest absolute Gasteiger partial charge is 0.240 e. The van der Waals surface area contributed by atoms with Gasteiger partial charge in [-0.3, -0.25) is 0 Å². The molecule has 0 aliphatic heterocycles. The quantitative estimate of drug-likeness (QED) is 0.884. The largest absolute Gasteiger partial charge is 0.338 e. The van der Waals surface area contributed by atoms with Gasteiger partial charge in [0.1, 0.15) is 0 Å². The molecule has 0 radical (unpaired) electrons. The van der Waals surface area contributed by atoms with Crippen LogP contribution in [0.15, 0.2) is 34.9 Å². The van der Waals surface area contributed by atoms with Crippen molar-refractivity contribution in [1.29, 1.82) is 0 Å². The molecule has 4 heteroatoms. The van der Waals surface area contributed by atoms with Gasteiger partial charge >= 0.3 is 0 Å². The Morgan fingerprint density at radius 1 is 1.24 bits per heavy atom. The normalized spacial score (nSPS) is 17.2. The zero-order valence-corrected chi connectivity index (χ0v) is 12.6. The second-order valence-corrected chi connectivity index (χ2v) is 5.98. The van der Waals surface area contributed by atoms with Gasteiger partial charge in [0.25, 0.3) is 0 Å². The van der Waals surface area contributed by atoms with E-state index in [4.69, 9.17) is 4.52 Å². The Balaban J connectivity index is 1.50. The summed E-state index contributed by atoms with van der Waals surface area (Å²) in [5, 5.41) is 7.58. The van der Waals surface area contributed by atoms with Crippen LogP contribution in [-0.2, 0) is 13.0 Å². The molecule has 1 aliphatic carbocycles. The van der Waals surface area contributed by atoms with Crippen molar-refractivity contribution < 1.29 is 4.52 Å². The average Bonchev–Trinajstić information content (AvgIpc) is 3.17. The highest BCUT2D eigenvalue weighted by atomic mass is 16.5. The molecule has 0 unspecified atom stereocenters. The maximum absolute atomic E-state index is 5.33. The van der Waals surface area contributed by atoms with Crippen molar-refractivity contribution in [3.05, 3.63) is 47.6 Å². The minimum Gasteiger partial charge on any atom is -0.338 e. The molecule has 1 atom stereocenters. The van der Waals surface area contributed by atoms with Gasteiger partial charge in [-0.25, -0.2) is 0 Å². The van der Waals surface area contributed by atoms with E-state index in [1.807, 2.05) is 18.2 Å². The van der Waals surface area contributed by atoms with Crippen LogP contribution in [-0.4, -0.2) is 16.2 Å². The van der Waals surface area contributed by atoms with Crippen LogP contribution in [0.1, 0.15) is 49.9 Å². The molecule has 2 aromatic rings. The number of benzene rings is 1. The van der Waals surface area contributed by atoms with Crippen molar-refractivity contribution in [3.63, 3.8) is 0 Å². The fraction of sp³-hybridized carbons (Fsp3) is 0.529. The van der Waals surface area contributed by atoms with Crippen LogP contribution in [0.3, 0.4) is 0 Å². The van der Waals surface area contributed by atoms with Crippen LogP contribution >= 0.6 is 0 Å². The lowest BCUT2D eigenvalue weighted by Gasteiger charge is -2.19. The summed E-state index contributed by atoms with van der Waals surface area (Å²) >= 11 is 0. The summed E-state index contributed by atoms with van der Waals surface area (Å²) in [6.07, 6.45) is 6.16. The number of hydrogen-bond acceptors (Lipinski definition) is 4. The first kappa shape index (κ1) is 14.3. The van der Waals surface area contributed by atoms with Gasteiger partial charge in [-0.05, 0) is 31.2 Å². The molecule has 3 rings (SSSR count). The summed E-state index contributed by atoms with van der Waals surface area (Å²) in [6, 6.07) is 10.8. The van der Waals surface area contributed by atoms with Gasteiger partial charge < -0.3 is 9.84 Å². The Morgan fingerprint density at radius 3 is 2.76 bits per heavy atom. The highest BCUT2D eigenvalue weighted by Gasteiger charge is 2.21. The Labute approximate surface area is 126 Å². The van der Waals surface area contributed by atoms with Crippen molar-refractivity contribution >= 4 is 0 Å². The summed E-state index contributed by atoms with van der Waals surface area (Å²) in [7, 11) is 0. The molecule has 1 aromatic carbocycles. The van der Waals surface area contributed by atoms with Crippen LogP contribution in [0.25, 0.3) is 0 Å². The maximum atomic E-state index is 5.33. The van der Waals surface area contributed by atoms with E-state index in [1.54, 1.807) is 0 Å². The minimum atomic E-state index is 0.525. The minimum absolute atomic E-state index is 0.525. The fourth-order valence-corrected chi connectivity index (χ4v) is 3.08. The first-order chi connectivity index (χ1) is 10.3. The van der Waals surface area contributed by atoms with E-state index in [0.717, 1.165) is 18.2 Å². The molecule has 1 fully saturated rings. The predicted octanol–water partition coefficient (Wildman–Crippen LogP) is 3.33. The first-order valence-corrected chi connectivity index (χ1v) is 7.90. The van der Waals surface area contributed by atoms with E-state index in [1.165, 1.54) is 31.2 Å². The second kappa shape index (κ2) is 6.85. The SMILES string of the molecule is C[C@H](NCc1nc(Cc2ccccc2)no1)C1CCCC1. The molecule has 0 amide bonds. The van der Waals surface area contributed by atoms with Gasteiger partial charge in [0, 0.05) is 12.5 Å². The summed E-state index contributed by atoms with van der Waals surface area (Å²) in [5.74, 6) is 2.24. The van der Waals surface area contributed by atoms with Crippen LogP contribution < -0.4 is 5.32 Å². The maximum Gasteiger partial charge on any atom is 0.240 e. The molecule has 21 heavy (non-hydrogen) atoms. The molecule has 4 nitrogen and oxygen atoms in total. The first-order valence-electron chi connectivity index (χ1n) is 7.90. The Bertz CT molecular complexity index is 546. The van der Waals surface area contributed by atoms with Crippen molar-refractivity contribution in [1.82, 2.24) is 15.5 Å². The van der Waals surface area contributed by atoms with E-state index in [0.29, 0.717) is 18.5 Å². The van der Waals surface area contributed by atoms with Gasteiger partial charge in [0.15, 0.2) is 5.82 Å². The second-order valence-electron chi connectivity index (χ2n) is 5.98. The van der Waals surface area contributed by atoms with Crippen molar-refractivity contribution in [2.75, 3.05) is 0 Å². The van der Waals surface area contributed by atoms with Gasteiger partial charge in [0.2, 0.25) is 5.89 Å². The third-order valence-corrected chi connectivity index (χ3v) is 4.40. The van der Waals surface area contributed by atoms with Crippen molar-refractivity contribution in [2.24, 2.45) is 5.92 Å². The predicted molar refractivity (Wildman–Crippen MR) is 81.8 cm³/mol. The van der Waals surface area contributed by atoms with Gasteiger partial charge in [-0.1, -0.05) is 48.3 Å². The molecule has 0 spiro atoms. The lowest BCUT2D eigenvalue weighted by atomic mass is 10.00. The lowest BCUT2D eigenvalue weighted by Crippen LogP contribution is -2.31. The third-order valence-electron chi connectivity index (χ3n) is 4.40. The summed E-state index contributed by atoms with van der Waals surface area (Å²) in [6.45, 7) is 2.93. The highest BCUT2D eigenvalue weighted by molar-refractivity contribution is 5.18. The molecule has 1 aliphatic rings. The summed E-state index contributed by atoms with van der Waals surface area (Å²) < 4.78 is 5.33. The van der Waals surface area contributed by atoms with E-state index in [9.17, 15) is 0 Å². The zero-order chi connectivity index (χ0) is 14.5. The topological polar surface area (TPSA) is 51.0 Å². The zero-order valence-electron chi connectivity index (χ0n) is 12.6. The fourth-order valence-electron chi connectivity index (χ4n) is 3.08. The Morgan fingerprint density at radius 2 is 2.00 bits per heavy atom. The van der Waals surface area contributed by atoms with Crippen molar-refractivity contribution in [3.8, 4) is 0 Å². The number of aromatic nitrogens is 2. The number of nitrogens with one attached hydrogen (secondary N) is 1. The molecular weight excluding hydrogens is 262 g/mol. The van der Waals surface area contributed by atoms with E-state index in [-0.39, 0.29) is 0 Å². The van der Waals surface area contributed by atoms with E-state index in [2.05, 4.69) is 34.5 Å². The molecule has 0 saturated heterocycles. The molecule has 0 bridgehead atoms. The van der Waals surface area contributed by atoms with Crippen LogP contribution in [0.5, 0.6) is 0 Å². The molecule has 1 aromatic heterocycles. The summed E-state index contributed by atoms with van der Waals surface area (Å²) in [4.78, 5) is 4.46. The molecule has 112 valence electrons. The van der Waals surface area contributed by atoms with Gasteiger partial charge in [-0.2, -0.15) is 4.98 Å². The van der Waals surface area contributed by atoms with E-state index < -0.39 is 0 Å². The molecule has 1 N–H and O–H groups in total. The number of rotatable bonds is 6. The molecular formula is C17H23N3O. The van der Waals surface area contributed by atoms with Gasteiger partial charge in [0.05, 0.1) is 6.54 Å². The monoisotopic (exact) mass is 285 g/mol. The average molecular weight is 285 g/mol. The Kier molecular flexibility index (Phi) is 4.65. The third kappa shape index (κ3) is 3.91. The van der Waals surface area contributed by atoms with Crippen LogP contribution in [0.4, 0.5) is 0 Å². The van der Waals surface area contributed by atoms with Crippen LogP contribution in [0.2, 0.25) is 0 Å². The highest BCUT2D eigenvalue weighted by Crippen LogP contribution is 2.27. The standard InChI is InChI=1S/C17H23N3O/c1-13(15-9-5-6-10-15)18-12-17-19-16(20-21-17)11-14-7-3-2-4-8-14/h2-4,7-8,13,15,18H,5-6,9-12H2,1H3/t13-/m0/s1. The number of nitrogens with zero attached hydrogens (tertiary/aromatic N) is 2. The lowest BCUT2D eigenvalue weighted by molar-refractivity contribution is 0.328. The van der Waals surface area contributed by atoms with Crippen LogP contribution in [0, 0.1) is 5.92 Å². The van der Waals surface area contributed by atoms with Gasteiger partial charge in [-0.15, -0.1) is 0 Å². The summed E-state index contributed by atoms with van der Waals surface area (Å²) in [5.41, 5.74) is 1.21. The molecule has 1 heterocycles. The number of hydrogen-bond donors (Lipinski definition) is 1.